The van der Waals surface area contributed by atoms with E-state index in [9.17, 15) is 39.0 Å². The van der Waals surface area contributed by atoms with Crippen LogP contribution in [0.15, 0.2) is 146 Å². The van der Waals surface area contributed by atoms with Gasteiger partial charge in [-0.15, -0.1) is 0 Å². The van der Waals surface area contributed by atoms with Crippen LogP contribution in [0, 0.1) is 41.5 Å². The summed E-state index contributed by atoms with van der Waals surface area (Å²) in [6, 6.07) is 30.9. The average molecular weight is 1510 g/mol. The van der Waals surface area contributed by atoms with Crippen LogP contribution in [0.5, 0.6) is 0 Å². The van der Waals surface area contributed by atoms with Crippen LogP contribution in [-0.4, -0.2) is 111 Å². The Morgan fingerprint density at radius 1 is 0.435 bits per heavy atom. The summed E-state index contributed by atoms with van der Waals surface area (Å²) in [5, 5.41) is 31.3. The van der Waals surface area contributed by atoms with Gasteiger partial charge in [0.1, 0.15) is 17.5 Å². The highest BCUT2D eigenvalue weighted by molar-refractivity contribution is 6.32. The fourth-order valence-corrected chi connectivity index (χ4v) is 12.8. The van der Waals surface area contributed by atoms with Crippen molar-refractivity contribution in [3.63, 3.8) is 0 Å². The number of pyridine rings is 9. The van der Waals surface area contributed by atoms with Crippen LogP contribution >= 0.6 is 34.8 Å². The van der Waals surface area contributed by atoms with Crippen molar-refractivity contribution in [3.05, 3.63) is 279 Å². The number of nitrogens with zero attached hydrogens (tertiary/aromatic N) is 9. The third-order valence-electron chi connectivity index (χ3n) is 17.5. The number of carbonyl (C=O) groups is 6. The van der Waals surface area contributed by atoms with Gasteiger partial charge in [-0.05, 0) is 214 Å². The largest absolute Gasteiger partial charge is 0.478 e. The molecule has 12 aromatic rings. The first-order valence-electron chi connectivity index (χ1n) is 33.9. The second-order valence-corrected chi connectivity index (χ2v) is 26.8. The molecule has 1 fully saturated rings. The van der Waals surface area contributed by atoms with Gasteiger partial charge in [0.05, 0.1) is 55.4 Å². The van der Waals surface area contributed by atoms with E-state index in [0.29, 0.717) is 143 Å². The summed E-state index contributed by atoms with van der Waals surface area (Å²) in [4.78, 5) is 113. The maximum Gasteiger partial charge on any atom is 0.340 e. The van der Waals surface area contributed by atoms with Crippen molar-refractivity contribution in [1.29, 1.82) is 0 Å². The third-order valence-corrected chi connectivity index (χ3v) is 18.1. The van der Waals surface area contributed by atoms with Gasteiger partial charge in [0, 0.05) is 156 Å². The molecule has 1 aliphatic rings. The lowest BCUT2D eigenvalue weighted by molar-refractivity contribution is 0.0600. The Balaban J connectivity index is 0.000000167. The van der Waals surface area contributed by atoms with Crippen LogP contribution in [0.2, 0.25) is 15.1 Å². The van der Waals surface area contributed by atoms with E-state index in [2.05, 4.69) is 60.8 Å². The SMILES string of the molecule is C1CCOC1.COC(=O)c1cc(Cc2cc(C(=O)NCc3c(C)cc(N)nc3C)ccn2)cc2cc(Cl)cnc12.Cc1cc(N)nc(C)c1CNC(=O)c1ccnc(Cc2cc(C(=O)O)c3ncc(Cl)cc3c2)c1.Cc1cc(N)nc(C)c1CNC(=O)c1ccnc(Cc2cc(C(=O)O)c3ncc(Cl)cc3c2)c1. The van der Waals surface area contributed by atoms with Crippen LogP contribution < -0.4 is 33.2 Å². The number of hydrogen-bond donors (Lipinski definition) is 8. The van der Waals surface area contributed by atoms with E-state index in [1.165, 1.54) is 38.5 Å². The number of fused-ring (bicyclic) bond motifs is 3. The first-order valence-corrected chi connectivity index (χ1v) is 35.0. The molecule has 25 nitrogen and oxygen atoms in total. The maximum absolute atomic E-state index is 12.8. The molecule has 1 saturated heterocycles. The molecule has 3 aromatic carbocycles. The van der Waals surface area contributed by atoms with Crippen molar-refractivity contribution in [3.8, 4) is 0 Å². The van der Waals surface area contributed by atoms with Crippen molar-refractivity contribution >= 4 is 121 Å². The van der Waals surface area contributed by atoms with Gasteiger partial charge in [-0.1, -0.05) is 34.8 Å². The van der Waals surface area contributed by atoms with E-state index >= 15 is 0 Å². The number of carboxylic acids is 2. The van der Waals surface area contributed by atoms with E-state index in [4.69, 9.17) is 61.5 Å². The maximum atomic E-state index is 12.8. The van der Waals surface area contributed by atoms with E-state index < -0.39 is 17.9 Å². The minimum absolute atomic E-state index is 0.0842. The van der Waals surface area contributed by atoms with Crippen molar-refractivity contribution < 1.29 is 48.5 Å². The Morgan fingerprint density at radius 2 is 0.741 bits per heavy atom. The summed E-state index contributed by atoms with van der Waals surface area (Å²) in [6.07, 6.45) is 12.7. The molecular weight excluding hydrogens is 1440 g/mol. The van der Waals surface area contributed by atoms with E-state index in [1.54, 1.807) is 110 Å². The quantitative estimate of drug-likeness (QED) is 0.0370. The van der Waals surface area contributed by atoms with Crippen LogP contribution in [0.3, 0.4) is 0 Å². The van der Waals surface area contributed by atoms with Gasteiger partial charge in [0.15, 0.2) is 0 Å². The zero-order chi connectivity index (χ0) is 77.5. The molecule has 10 heterocycles. The number of amides is 3. The molecule has 0 spiro atoms. The topological polar surface area (TPSA) is 391 Å². The number of carbonyl (C=O) groups excluding carboxylic acids is 4. The number of aromatic carboxylic acids is 2. The number of hydrogen-bond acceptors (Lipinski definition) is 20. The Labute approximate surface area is 636 Å². The van der Waals surface area contributed by atoms with Crippen molar-refractivity contribution in [2.24, 2.45) is 0 Å². The molecule has 28 heteroatoms. The molecule has 0 bridgehead atoms. The van der Waals surface area contributed by atoms with E-state index in [0.717, 1.165) is 80.4 Å². The van der Waals surface area contributed by atoms with Gasteiger partial charge in [-0.2, -0.15) is 0 Å². The van der Waals surface area contributed by atoms with Crippen LogP contribution in [0.25, 0.3) is 32.7 Å². The normalized spacial score (nSPS) is 11.5. The number of benzene rings is 3. The predicted octanol–water partition coefficient (Wildman–Crippen LogP) is 13.2. The highest BCUT2D eigenvalue weighted by atomic mass is 35.5. The van der Waals surface area contributed by atoms with Crippen molar-refractivity contribution in [2.75, 3.05) is 37.5 Å². The van der Waals surface area contributed by atoms with Gasteiger partial charge < -0.3 is 52.8 Å². The average Bonchev–Trinajstić information content (AvgIpc) is 0.964. The first kappa shape index (κ1) is 78.4. The fourth-order valence-electron chi connectivity index (χ4n) is 12.3. The van der Waals surface area contributed by atoms with Gasteiger partial charge in [-0.3, -0.25) is 44.3 Å². The fraction of sp³-hybridized carbons (Fsp3) is 0.212. The van der Waals surface area contributed by atoms with Gasteiger partial charge in [0.25, 0.3) is 17.7 Å². The second-order valence-electron chi connectivity index (χ2n) is 25.5. The third kappa shape index (κ3) is 20.5. The minimum Gasteiger partial charge on any atom is -0.478 e. The highest BCUT2D eigenvalue weighted by Gasteiger charge is 2.20. The molecule has 108 heavy (non-hydrogen) atoms. The lowest BCUT2D eigenvalue weighted by atomic mass is 10.0. The molecule has 13 rings (SSSR count). The number of methoxy groups -OCH3 is 1. The highest BCUT2D eigenvalue weighted by Crippen LogP contribution is 2.29. The summed E-state index contributed by atoms with van der Waals surface area (Å²) in [5.74, 6) is -2.03. The second kappa shape index (κ2) is 35.8. The number of rotatable bonds is 18. The molecule has 0 saturated carbocycles. The van der Waals surface area contributed by atoms with Gasteiger partial charge in [-0.25, -0.2) is 29.3 Å². The number of halogens is 3. The van der Waals surface area contributed by atoms with Crippen LogP contribution in [0.4, 0.5) is 17.5 Å². The molecular formula is C80H76Cl3N15O10. The van der Waals surface area contributed by atoms with E-state index in [-0.39, 0.29) is 28.8 Å². The van der Waals surface area contributed by atoms with Gasteiger partial charge in [0.2, 0.25) is 0 Å². The van der Waals surface area contributed by atoms with Gasteiger partial charge >= 0.3 is 17.9 Å². The van der Waals surface area contributed by atoms with Crippen molar-refractivity contribution in [2.45, 2.75) is 93.3 Å². The lowest BCUT2D eigenvalue weighted by Gasteiger charge is -2.12. The predicted molar refractivity (Wildman–Crippen MR) is 415 cm³/mol. The molecule has 0 atom stereocenters. The number of nitrogens with two attached hydrogens (primary N) is 3. The monoisotopic (exact) mass is 1510 g/mol. The smallest absolute Gasteiger partial charge is 0.340 e. The summed E-state index contributed by atoms with van der Waals surface area (Å²) in [6.45, 7) is 14.3. The first-order chi connectivity index (χ1) is 51.7. The Bertz CT molecular complexity index is 5180. The number of aromatic nitrogens is 9. The van der Waals surface area contributed by atoms with Crippen molar-refractivity contribution in [1.82, 2.24) is 60.8 Å². The lowest BCUT2D eigenvalue weighted by Crippen LogP contribution is -2.24. The number of aryl methyl sites for hydroxylation is 6. The zero-order valence-electron chi connectivity index (χ0n) is 60.0. The molecule has 1 aliphatic heterocycles. The standard InChI is InChI=1S/C26H24ClN5O3.2C25H22ClN5O3.C4H8O/c1-14-6-23(28)32-15(2)22(14)13-31-25(33)17-4-5-29-20(11-17)8-16-7-18-10-19(27)12-30-24(18)21(9-16)26(34)35-3;2*1-13-5-22(27)31-14(2)21(13)12-30-24(32)16-3-4-28-19(10-16)7-15-6-17-9-18(26)11-29-23(17)20(8-15)25(33)34;1-2-4-5-3-1/h4-7,9-12H,8,13H2,1-3H3,(H2,28,32)(H,31,33);2*3-6,8-11H,7,12H2,1-2H3,(H2,27,31)(H,30,32)(H,33,34);1-4H2. The Morgan fingerprint density at radius 3 is 1.02 bits per heavy atom. The number of nitrogen functional groups attached to an aromatic ring is 3. The summed E-state index contributed by atoms with van der Waals surface area (Å²) >= 11 is 18.2. The van der Waals surface area contributed by atoms with E-state index in [1.807, 2.05) is 59.7 Å². The van der Waals surface area contributed by atoms with Crippen LogP contribution in [0.1, 0.15) is 159 Å². The number of nitrogens with one attached hydrogen (secondary N) is 3. The number of esters is 1. The minimum atomic E-state index is -1.08. The zero-order valence-corrected chi connectivity index (χ0v) is 62.2. The molecule has 0 aliphatic carbocycles. The van der Waals surface area contributed by atoms with Crippen LogP contribution in [-0.2, 0) is 48.4 Å². The molecule has 11 N–H and O–H groups in total. The Hall–Kier alpha value is -12.2. The Kier molecular flexibility index (Phi) is 26.0. The number of ether oxygens (including phenoxy) is 2. The molecule has 0 unspecified atom stereocenters. The number of carboxylic acid groups (broad SMARTS) is 2. The summed E-state index contributed by atoms with van der Waals surface area (Å²) in [5.41, 5.74) is 32.6. The number of anilines is 3. The summed E-state index contributed by atoms with van der Waals surface area (Å²) < 4.78 is 9.87. The molecule has 3 amide bonds. The molecule has 552 valence electrons. The summed E-state index contributed by atoms with van der Waals surface area (Å²) in [7, 11) is 1.32. The molecule has 9 aromatic heterocycles. The molecule has 0 radical (unpaired) electrons.